The molecule has 0 bridgehead atoms. The van der Waals surface area contributed by atoms with Gasteiger partial charge in [0.1, 0.15) is 0 Å². The molecule has 3 heteroatoms. The van der Waals surface area contributed by atoms with Gasteiger partial charge in [0.2, 0.25) is 5.78 Å². The molecule has 0 radical (unpaired) electrons. The van der Waals surface area contributed by atoms with Gasteiger partial charge in [0.15, 0.2) is 0 Å². The minimum Gasteiger partial charge on any atom is -0.382 e. The number of ketones is 1. The third-order valence-electron chi connectivity index (χ3n) is 2.16. The zero-order chi connectivity index (χ0) is 9.97. The summed E-state index contributed by atoms with van der Waals surface area (Å²) in [6.45, 7) is 0.856. The maximum absolute atomic E-state index is 11.8. The average Bonchev–Trinajstić information content (AvgIpc) is 2.71. The molecule has 0 atom stereocenters. The van der Waals surface area contributed by atoms with Crippen LogP contribution in [0.2, 0.25) is 5.02 Å². The standard InChI is InChI=1S/C11H10ClNO/c12-9-5-3-8(4-6-9)11(14)10-2-1-7-13-10/h2-6,13H,1,7H2. The van der Waals surface area contributed by atoms with E-state index in [2.05, 4.69) is 5.32 Å². The largest absolute Gasteiger partial charge is 0.382 e. The highest BCUT2D eigenvalue weighted by Gasteiger charge is 2.14. The van der Waals surface area contributed by atoms with Crippen LogP contribution in [0.3, 0.4) is 0 Å². The second-order valence-corrected chi connectivity index (χ2v) is 3.61. The van der Waals surface area contributed by atoms with E-state index in [0.717, 1.165) is 13.0 Å². The Morgan fingerprint density at radius 1 is 1.29 bits per heavy atom. The van der Waals surface area contributed by atoms with E-state index in [1.165, 1.54) is 0 Å². The number of carbonyl (C=O) groups is 1. The van der Waals surface area contributed by atoms with E-state index in [1.54, 1.807) is 24.3 Å². The number of hydrogen-bond donors (Lipinski definition) is 1. The quantitative estimate of drug-likeness (QED) is 0.755. The Balaban J connectivity index is 2.22. The van der Waals surface area contributed by atoms with Crippen molar-refractivity contribution in [2.45, 2.75) is 6.42 Å². The van der Waals surface area contributed by atoms with Crippen LogP contribution in [0.5, 0.6) is 0 Å². The Morgan fingerprint density at radius 2 is 2.00 bits per heavy atom. The first-order valence-electron chi connectivity index (χ1n) is 4.51. The fourth-order valence-corrected chi connectivity index (χ4v) is 1.55. The molecule has 2 nitrogen and oxygen atoms in total. The van der Waals surface area contributed by atoms with E-state index < -0.39 is 0 Å². The van der Waals surface area contributed by atoms with E-state index >= 15 is 0 Å². The predicted molar refractivity (Wildman–Crippen MR) is 56.5 cm³/mol. The van der Waals surface area contributed by atoms with Gasteiger partial charge in [0.25, 0.3) is 0 Å². The van der Waals surface area contributed by atoms with Gasteiger partial charge >= 0.3 is 0 Å². The van der Waals surface area contributed by atoms with E-state index in [1.807, 2.05) is 6.08 Å². The van der Waals surface area contributed by atoms with Crippen LogP contribution in [-0.4, -0.2) is 12.3 Å². The van der Waals surface area contributed by atoms with Gasteiger partial charge in [-0.25, -0.2) is 0 Å². The van der Waals surface area contributed by atoms with Crippen LogP contribution in [0, 0.1) is 0 Å². The van der Waals surface area contributed by atoms with Crippen LogP contribution in [0.4, 0.5) is 0 Å². The highest BCUT2D eigenvalue weighted by molar-refractivity contribution is 6.30. The Kier molecular flexibility index (Phi) is 2.55. The zero-order valence-electron chi connectivity index (χ0n) is 7.59. The summed E-state index contributed by atoms with van der Waals surface area (Å²) >= 11 is 5.73. The topological polar surface area (TPSA) is 29.1 Å². The second kappa shape index (κ2) is 3.84. The molecule has 0 amide bonds. The van der Waals surface area contributed by atoms with E-state index in [-0.39, 0.29) is 5.78 Å². The summed E-state index contributed by atoms with van der Waals surface area (Å²) in [6.07, 6.45) is 2.85. The van der Waals surface area contributed by atoms with Crippen molar-refractivity contribution in [2.75, 3.05) is 6.54 Å². The molecule has 1 heterocycles. The third kappa shape index (κ3) is 1.80. The van der Waals surface area contributed by atoms with Crippen molar-refractivity contribution in [1.82, 2.24) is 5.32 Å². The predicted octanol–water partition coefficient (Wildman–Crippen LogP) is 2.40. The number of nitrogens with one attached hydrogen (secondary N) is 1. The van der Waals surface area contributed by atoms with Crippen LogP contribution in [0.15, 0.2) is 36.0 Å². The molecule has 1 aliphatic heterocycles. The molecular formula is C11H10ClNO. The lowest BCUT2D eigenvalue weighted by Gasteiger charge is -2.02. The van der Waals surface area contributed by atoms with Crippen LogP contribution >= 0.6 is 11.6 Å². The summed E-state index contributed by atoms with van der Waals surface area (Å²) in [6, 6.07) is 6.94. The monoisotopic (exact) mass is 207 g/mol. The van der Waals surface area contributed by atoms with E-state index in [4.69, 9.17) is 11.6 Å². The number of hydrogen-bond acceptors (Lipinski definition) is 2. The number of carbonyl (C=O) groups excluding carboxylic acids is 1. The van der Waals surface area contributed by atoms with Gasteiger partial charge in [0, 0.05) is 17.1 Å². The van der Waals surface area contributed by atoms with Gasteiger partial charge in [-0.2, -0.15) is 0 Å². The lowest BCUT2D eigenvalue weighted by molar-refractivity contribution is 0.102. The minimum absolute atomic E-state index is 0.0409. The summed E-state index contributed by atoms with van der Waals surface area (Å²) in [4.78, 5) is 11.8. The lowest BCUT2D eigenvalue weighted by Crippen LogP contribution is -2.16. The lowest BCUT2D eigenvalue weighted by atomic mass is 10.1. The van der Waals surface area contributed by atoms with Crippen molar-refractivity contribution >= 4 is 17.4 Å². The SMILES string of the molecule is O=C(C1=CCCN1)c1ccc(Cl)cc1. The third-order valence-corrected chi connectivity index (χ3v) is 2.41. The number of Topliss-reactive ketones (excluding diaryl/α,β-unsaturated/α-hetero) is 1. The smallest absolute Gasteiger partial charge is 0.208 e. The van der Waals surface area contributed by atoms with Crippen LogP contribution in [0.1, 0.15) is 16.8 Å². The molecule has 1 aromatic rings. The van der Waals surface area contributed by atoms with Gasteiger partial charge in [-0.05, 0) is 30.7 Å². The molecule has 2 rings (SSSR count). The Labute approximate surface area is 87.6 Å². The first-order chi connectivity index (χ1) is 6.77. The summed E-state index contributed by atoms with van der Waals surface area (Å²) < 4.78 is 0. The number of allylic oxidation sites excluding steroid dienone is 1. The maximum atomic E-state index is 11.8. The van der Waals surface area contributed by atoms with Crippen molar-refractivity contribution in [3.05, 3.63) is 46.6 Å². The van der Waals surface area contributed by atoms with Crippen molar-refractivity contribution in [1.29, 1.82) is 0 Å². The van der Waals surface area contributed by atoms with Crippen molar-refractivity contribution in [2.24, 2.45) is 0 Å². The highest BCUT2D eigenvalue weighted by Crippen LogP contribution is 2.14. The number of benzene rings is 1. The van der Waals surface area contributed by atoms with E-state index in [9.17, 15) is 4.79 Å². The fourth-order valence-electron chi connectivity index (χ4n) is 1.43. The molecule has 1 N–H and O–H groups in total. The minimum atomic E-state index is 0.0409. The van der Waals surface area contributed by atoms with Gasteiger partial charge in [-0.3, -0.25) is 4.79 Å². The van der Waals surface area contributed by atoms with Crippen LogP contribution < -0.4 is 5.32 Å². The average molecular weight is 208 g/mol. The zero-order valence-corrected chi connectivity index (χ0v) is 8.34. The molecular weight excluding hydrogens is 198 g/mol. The molecule has 0 aliphatic carbocycles. The van der Waals surface area contributed by atoms with Crippen molar-refractivity contribution in [3.63, 3.8) is 0 Å². The molecule has 14 heavy (non-hydrogen) atoms. The first-order valence-corrected chi connectivity index (χ1v) is 4.89. The molecule has 0 unspecified atom stereocenters. The Hall–Kier alpha value is -1.28. The van der Waals surface area contributed by atoms with Gasteiger partial charge in [0.05, 0.1) is 5.70 Å². The van der Waals surface area contributed by atoms with Crippen molar-refractivity contribution < 1.29 is 4.79 Å². The normalized spacial score (nSPS) is 14.8. The summed E-state index contributed by atoms with van der Waals surface area (Å²) in [5, 5.41) is 3.70. The maximum Gasteiger partial charge on any atom is 0.208 e. The highest BCUT2D eigenvalue weighted by atomic mass is 35.5. The molecule has 1 aliphatic rings. The first kappa shape index (κ1) is 9.28. The molecule has 0 saturated carbocycles. The summed E-state index contributed by atoms with van der Waals surface area (Å²) in [5.41, 5.74) is 1.38. The fraction of sp³-hybridized carbons (Fsp3) is 0.182. The van der Waals surface area contributed by atoms with Gasteiger partial charge in [-0.1, -0.05) is 17.7 Å². The van der Waals surface area contributed by atoms with Crippen LogP contribution in [0.25, 0.3) is 0 Å². The molecule has 1 aromatic carbocycles. The van der Waals surface area contributed by atoms with Gasteiger partial charge in [-0.15, -0.1) is 0 Å². The van der Waals surface area contributed by atoms with Crippen molar-refractivity contribution in [3.8, 4) is 0 Å². The Bertz CT molecular complexity index is 381. The molecule has 0 saturated heterocycles. The summed E-state index contributed by atoms with van der Waals surface area (Å²) in [5.74, 6) is 0.0409. The molecule has 72 valence electrons. The van der Waals surface area contributed by atoms with Gasteiger partial charge < -0.3 is 5.32 Å². The summed E-state index contributed by atoms with van der Waals surface area (Å²) in [7, 11) is 0. The second-order valence-electron chi connectivity index (χ2n) is 3.17. The molecule has 0 fully saturated rings. The number of rotatable bonds is 2. The number of halogens is 1. The molecule has 0 spiro atoms. The van der Waals surface area contributed by atoms with E-state index in [0.29, 0.717) is 16.3 Å². The molecule has 0 aromatic heterocycles. The Morgan fingerprint density at radius 3 is 2.57 bits per heavy atom. The van der Waals surface area contributed by atoms with Crippen LogP contribution in [-0.2, 0) is 0 Å².